The number of esters is 1. The van der Waals surface area contributed by atoms with Gasteiger partial charge in [0.15, 0.2) is 0 Å². The first-order valence-corrected chi connectivity index (χ1v) is 5.55. The van der Waals surface area contributed by atoms with Crippen LogP contribution in [0.2, 0.25) is 0 Å². The molecule has 5 heteroatoms. The fourth-order valence-corrected chi connectivity index (χ4v) is 1.57. The lowest BCUT2D eigenvalue weighted by Crippen LogP contribution is -2.04. The molecule has 0 aliphatic heterocycles. The number of methoxy groups -OCH3 is 1. The van der Waals surface area contributed by atoms with Crippen molar-refractivity contribution < 1.29 is 19.4 Å². The van der Waals surface area contributed by atoms with Crippen LogP contribution in [-0.2, 0) is 4.74 Å². The van der Waals surface area contributed by atoms with Gasteiger partial charge in [-0.05, 0) is 24.3 Å². The second-order valence-electron chi connectivity index (χ2n) is 3.81. The normalized spacial score (nSPS) is 9.95. The van der Waals surface area contributed by atoms with E-state index in [9.17, 15) is 9.90 Å². The highest BCUT2D eigenvalue weighted by Crippen LogP contribution is 2.32. The predicted molar refractivity (Wildman–Crippen MR) is 70.4 cm³/mol. The van der Waals surface area contributed by atoms with Gasteiger partial charge >= 0.3 is 5.97 Å². The Balaban J connectivity index is 2.41. The summed E-state index contributed by atoms with van der Waals surface area (Å²) in [5.41, 5.74) is 6.41. The molecular weight excluding hydrogens is 246 g/mol. The SMILES string of the molecule is COC(=O)c1ccc(O)cc1Oc1ccccc1N. The second kappa shape index (κ2) is 5.30. The van der Waals surface area contributed by atoms with E-state index in [4.69, 9.17) is 10.5 Å². The number of carbonyl (C=O) groups excluding carboxylic acids is 1. The van der Waals surface area contributed by atoms with Crippen LogP contribution in [0, 0.1) is 0 Å². The van der Waals surface area contributed by atoms with Crippen LogP contribution in [0.3, 0.4) is 0 Å². The first kappa shape index (κ1) is 12.8. The average molecular weight is 259 g/mol. The van der Waals surface area contributed by atoms with Gasteiger partial charge in [-0.3, -0.25) is 0 Å². The molecular formula is C14H13NO4. The number of phenolic OH excluding ortho intramolecular Hbond substituents is 1. The third kappa shape index (κ3) is 2.77. The predicted octanol–water partition coefficient (Wildman–Crippen LogP) is 2.55. The van der Waals surface area contributed by atoms with Crippen LogP contribution in [0.1, 0.15) is 10.4 Å². The Labute approximate surface area is 110 Å². The van der Waals surface area contributed by atoms with E-state index in [1.807, 2.05) is 0 Å². The van der Waals surface area contributed by atoms with Crippen LogP contribution in [0.5, 0.6) is 17.2 Å². The molecule has 5 nitrogen and oxygen atoms in total. The van der Waals surface area contributed by atoms with Crippen LogP contribution >= 0.6 is 0 Å². The zero-order valence-electron chi connectivity index (χ0n) is 10.3. The zero-order valence-corrected chi connectivity index (χ0v) is 10.3. The number of anilines is 1. The molecule has 2 aromatic carbocycles. The Hall–Kier alpha value is -2.69. The van der Waals surface area contributed by atoms with Crippen molar-refractivity contribution in [3.8, 4) is 17.2 Å². The number of nitrogen functional groups attached to an aromatic ring is 1. The number of ether oxygens (including phenoxy) is 2. The Bertz CT molecular complexity index is 610. The smallest absolute Gasteiger partial charge is 0.341 e. The number of nitrogens with two attached hydrogens (primary N) is 1. The number of carbonyl (C=O) groups is 1. The summed E-state index contributed by atoms with van der Waals surface area (Å²) in [6.07, 6.45) is 0. The first-order chi connectivity index (χ1) is 9.11. The van der Waals surface area contributed by atoms with E-state index in [1.54, 1.807) is 24.3 Å². The average Bonchev–Trinajstić information content (AvgIpc) is 2.41. The molecule has 0 bridgehead atoms. The molecule has 0 unspecified atom stereocenters. The van der Waals surface area contributed by atoms with Crippen molar-refractivity contribution in [2.24, 2.45) is 0 Å². The van der Waals surface area contributed by atoms with E-state index in [0.717, 1.165) is 0 Å². The molecule has 19 heavy (non-hydrogen) atoms. The van der Waals surface area contributed by atoms with Gasteiger partial charge in [-0.15, -0.1) is 0 Å². The second-order valence-corrected chi connectivity index (χ2v) is 3.81. The largest absolute Gasteiger partial charge is 0.508 e. The quantitative estimate of drug-likeness (QED) is 0.654. The van der Waals surface area contributed by atoms with E-state index >= 15 is 0 Å². The molecule has 0 aliphatic carbocycles. The molecule has 0 spiro atoms. The van der Waals surface area contributed by atoms with Crippen molar-refractivity contribution in [2.45, 2.75) is 0 Å². The molecule has 0 fully saturated rings. The maximum atomic E-state index is 11.6. The van der Waals surface area contributed by atoms with Gasteiger partial charge in [-0.2, -0.15) is 0 Å². The molecule has 0 aromatic heterocycles. The van der Waals surface area contributed by atoms with E-state index in [-0.39, 0.29) is 17.1 Å². The molecule has 0 radical (unpaired) electrons. The summed E-state index contributed by atoms with van der Waals surface area (Å²) in [6, 6.07) is 11.0. The summed E-state index contributed by atoms with van der Waals surface area (Å²) < 4.78 is 10.2. The third-order valence-corrected chi connectivity index (χ3v) is 2.51. The maximum absolute atomic E-state index is 11.6. The molecule has 0 amide bonds. The summed E-state index contributed by atoms with van der Waals surface area (Å²) in [5.74, 6) is 0.0182. The molecule has 2 aromatic rings. The van der Waals surface area contributed by atoms with Crippen LogP contribution in [-0.4, -0.2) is 18.2 Å². The molecule has 0 heterocycles. The Morgan fingerprint density at radius 1 is 1.16 bits per heavy atom. The van der Waals surface area contributed by atoms with Gasteiger partial charge in [-0.25, -0.2) is 4.79 Å². The Morgan fingerprint density at radius 3 is 2.58 bits per heavy atom. The van der Waals surface area contributed by atoms with Crippen molar-refractivity contribution >= 4 is 11.7 Å². The standard InChI is InChI=1S/C14H13NO4/c1-18-14(17)10-7-6-9(16)8-13(10)19-12-5-3-2-4-11(12)15/h2-8,16H,15H2,1H3. The van der Waals surface area contributed by atoms with Crippen molar-refractivity contribution in [1.82, 2.24) is 0 Å². The number of hydrogen-bond donors (Lipinski definition) is 2. The minimum Gasteiger partial charge on any atom is -0.508 e. The van der Waals surface area contributed by atoms with Crippen LogP contribution < -0.4 is 10.5 Å². The maximum Gasteiger partial charge on any atom is 0.341 e. The highest BCUT2D eigenvalue weighted by molar-refractivity contribution is 5.92. The molecule has 0 saturated heterocycles. The number of hydrogen-bond acceptors (Lipinski definition) is 5. The monoisotopic (exact) mass is 259 g/mol. The Morgan fingerprint density at radius 2 is 1.89 bits per heavy atom. The lowest BCUT2D eigenvalue weighted by atomic mass is 10.2. The highest BCUT2D eigenvalue weighted by Gasteiger charge is 2.15. The lowest BCUT2D eigenvalue weighted by molar-refractivity contribution is 0.0598. The number of para-hydroxylation sites is 2. The molecule has 2 rings (SSSR count). The fourth-order valence-electron chi connectivity index (χ4n) is 1.57. The van der Waals surface area contributed by atoms with Crippen molar-refractivity contribution in [3.05, 3.63) is 48.0 Å². The van der Waals surface area contributed by atoms with E-state index in [1.165, 1.54) is 25.3 Å². The van der Waals surface area contributed by atoms with Gasteiger partial charge < -0.3 is 20.3 Å². The summed E-state index contributed by atoms with van der Waals surface area (Å²) in [6.45, 7) is 0. The molecule has 0 atom stereocenters. The van der Waals surface area contributed by atoms with Crippen LogP contribution in [0.4, 0.5) is 5.69 Å². The summed E-state index contributed by atoms with van der Waals surface area (Å²) in [5, 5.41) is 9.48. The molecule has 98 valence electrons. The number of aromatic hydroxyl groups is 1. The van der Waals surface area contributed by atoms with Crippen molar-refractivity contribution in [3.63, 3.8) is 0 Å². The van der Waals surface area contributed by atoms with Gasteiger partial charge in [0.1, 0.15) is 22.8 Å². The minimum atomic E-state index is -0.551. The number of phenols is 1. The molecule has 3 N–H and O–H groups in total. The van der Waals surface area contributed by atoms with E-state index in [0.29, 0.717) is 11.4 Å². The summed E-state index contributed by atoms with van der Waals surface area (Å²) in [4.78, 5) is 11.6. The summed E-state index contributed by atoms with van der Waals surface area (Å²) in [7, 11) is 1.27. The minimum absolute atomic E-state index is 0.0165. The topological polar surface area (TPSA) is 81.8 Å². The number of benzene rings is 2. The highest BCUT2D eigenvalue weighted by atomic mass is 16.5. The van der Waals surface area contributed by atoms with E-state index < -0.39 is 5.97 Å². The lowest BCUT2D eigenvalue weighted by Gasteiger charge is -2.11. The molecule has 0 aliphatic rings. The van der Waals surface area contributed by atoms with Crippen molar-refractivity contribution in [1.29, 1.82) is 0 Å². The van der Waals surface area contributed by atoms with Gasteiger partial charge in [-0.1, -0.05) is 12.1 Å². The van der Waals surface area contributed by atoms with Crippen molar-refractivity contribution in [2.75, 3.05) is 12.8 Å². The van der Waals surface area contributed by atoms with Gasteiger partial charge in [0.05, 0.1) is 12.8 Å². The van der Waals surface area contributed by atoms with E-state index in [2.05, 4.69) is 4.74 Å². The zero-order chi connectivity index (χ0) is 13.8. The van der Waals surface area contributed by atoms with Gasteiger partial charge in [0.2, 0.25) is 0 Å². The third-order valence-electron chi connectivity index (χ3n) is 2.51. The van der Waals surface area contributed by atoms with Gasteiger partial charge in [0.25, 0.3) is 0 Å². The fraction of sp³-hybridized carbons (Fsp3) is 0.0714. The summed E-state index contributed by atoms with van der Waals surface area (Å²) >= 11 is 0. The Kier molecular flexibility index (Phi) is 3.56. The van der Waals surface area contributed by atoms with Crippen LogP contribution in [0.15, 0.2) is 42.5 Å². The van der Waals surface area contributed by atoms with Crippen LogP contribution in [0.25, 0.3) is 0 Å². The molecule has 0 saturated carbocycles. The van der Waals surface area contributed by atoms with Gasteiger partial charge in [0, 0.05) is 6.07 Å². The first-order valence-electron chi connectivity index (χ1n) is 5.55. The number of rotatable bonds is 3.